The Balaban J connectivity index is 2.63. The fourth-order valence-corrected chi connectivity index (χ4v) is 2.76. The van der Waals surface area contributed by atoms with Gasteiger partial charge in [0.1, 0.15) is 0 Å². The lowest BCUT2D eigenvalue weighted by Gasteiger charge is -2.22. The van der Waals surface area contributed by atoms with Crippen LogP contribution in [-0.4, -0.2) is 18.2 Å². The van der Waals surface area contributed by atoms with Crippen molar-refractivity contribution in [2.45, 2.75) is 20.3 Å². The number of hydrogen-bond acceptors (Lipinski definition) is 3. The average molecular weight is 282 g/mol. The minimum Gasteiger partial charge on any atom is -0.371 e. The molecule has 1 atom stereocenters. The molecule has 0 saturated carbocycles. The highest BCUT2D eigenvalue weighted by molar-refractivity contribution is 6.13. The Bertz CT molecular complexity index is 681. The van der Waals surface area contributed by atoms with E-state index in [9.17, 15) is 9.59 Å². The van der Waals surface area contributed by atoms with Crippen molar-refractivity contribution < 1.29 is 9.59 Å². The zero-order valence-electron chi connectivity index (χ0n) is 12.2. The van der Waals surface area contributed by atoms with Gasteiger partial charge in [0.05, 0.1) is 12.2 Å². The predicted molar refractivity (Wildman–Crippen MR) is 81.4 cm³/mol. The lowest BCUT2D eigenvalue weighted by molar-refractivity contribution is -0.115. The highest BCUT2D eigenvalue weighted by Gasteiger charge is 2.27. The van der Waals surface area contributed by atoms with Gasteiger partial charge in [0.2, 0.25) is 11.7 Å². The molecule has 4 heteroatoms. The monoisotopic (exact) mass is 282 g/mol. The maximum absolute atomic E-state index is 12.7. The number of allylic oxidation sites excluding steroid dienone is 1. The number of primary amides is 1. The Kier molecular flexibility index (Phi) is 4.13. The topological polar surface area (TPSA) is 72.2 Å². The summed E-state index contributed by atoms with van der Waals surface area (Å²) in [6, 6.07) is 5.69. The van der Waals surface area contributed by atoms with Crippen LogP contribution in [0.3, 0.4) is 0 Å². The normalized spacial score (nSPS) is 21.2. The van der Waals surface area contributed by atoms with Gasteiger partial charge in [0, 0.05) is 11.1 Å². The number of amides is 1. The summed E-state index contributed by atoms with van der Waals surface area (Å²) in [6.07, 6.45) is 5.90. The number of ketones is 1. The molecule has 2 bridgehead atoms. The van der Waals surface area contributed by atoms with Crippen molar-refractivity contribution in [1.82, 2.24) is 5.32 Å². The van der Waals surface area contributed by atoms with Gasteiger partial charge < -0.3 is 11.1 Å². The Morgan fingerprint density at radius 1 is 1.48 bits per heavy atom. The van der Waals surface area contributed by atoms with Crippen molar-refractivity contribution in [3.63, 3.8) is 0 Å². The van der Waals surface area contributed by atoms with Crippen LogP contribution < -0.4 is 11.1 Å². The summed E-state index contributed by atoms with van der Waals surface area (Å²) in [6.45, 7) is 4.00. The second kappa shape index (κ2) is 5.84. The van der Waals surface area contributed by atoms with Crippen LogP contribution in [0.4, 0.5) is 0 Å². The third-order valence-corrected chi connectivity index (χ3v) is 3.56. The summed E-state index contributed by atoms with van der Waals surface area (Å²) in [7, 11) is 0. The molecule has 1 aliphatic carbocycles. The van der Waals surface area contributed by atoms with Gasteiger partial charge in [0.25, 0.3) is 0 Å². The first-order valence-electron chi connectivity index (χ1n) is 6.80. The van der Waals surface area contributed by atoms with Crippen molar-refractivity contribution >= 4 is 11.7 Å². The third kappa shape index (κ3) is 2.97. The average Bonchev–Trinajstić information content (AvgIpc) is 2.40. The Hall–Kier alpha value is -2.54. The molecule has 0 radical (unpaired) electrons. The van der Waals surface area contributed by atoms with Gasteiger partial charge in [0.15, 0.2) is 0 Å². The number of carbonyl (C=O) groups excluding carboxylic acids is 2. The Labute approximate surface area is 124 Å². The number of benzene rings is 1. The van der Waals surface area contributed by atoms with E-state index >= 15 is 0 Å². The summed E-state index contributed by atoms with van der Waals surface area (Å²) in [5, 5.41) is 2.87. The van der Waals surface area contributed by atoms with Gasteiger partial charge in [-0.3, -0.25) is 9.59 Å². The molecule has 2 rings (SSSR count). The lowest BCUT2D eigenvalue weighted by atomic mass is 9.85. The van der Waals surface area contributed by atoms with Gasteiger partial charge in [-0.25, -0.2) is 0 Å². The number of rotatable bonds is 3. The molecule has 0 heterocycles. The highest BCUT2D eigenvalue weighted by Crippen LogP contribution is 2.26. The second-order valence-corrected chi connectivity index (χ2v) is 5.35. The van der Waals surface area contributed by atoms with Crippen molar-refractivity contribution in [3.8, 4) is 12.3 Å². The number of hydrogen-bond donors (Lipinski definition) is 2. The van der Waals surface area contributed by atoms with Gasteiger partial charge in [-0.1, -0.05) is 24.5 Å². The van der Waals surface area contributed by atoms with E-state index in [0.717, 1.165) is 11.1 Å². The van der Waals surface area contributed by atoms with Crippen molar-refractivity contribution in [1.29, 1.82) is 0 Å². The van der Waals surface area contributed by atoms with E-state index in [1.54, 1.807) is 6.07 Å². The van der Waals surface area contributed by atoms with E-state index in [1.165, 1.54) is 0 Å². The molecule has 1 aromatic carbocycles. The first kappa shape index (κ1) is 14.9. The van der Waals surface area contributed by atoms with Crippen molar-refractivity contribution in [2.75, 3.05) is 6.54 Å². The van der Waals surface area contributed by atoms with Gasteiger partial charge in [-0.2, -0.15) is 0 Å². The van der Waals surface area contributed by atoms with Crippen LogP contribution in [0, 0.1) is 25.2 Å². The quantitative estimate of drug-likeness (QED) is 0.822. The van der Waals surface area contributed by atoms with Gasteiger partial charge in [-0.05, 0) is 37.0 Å². The van der Waals surface area contributed by atoms with Crippen LogP contribution >= 0.6 is 0 Å². The second-order valence-electron chi connectivity index (χ2n) is 5.35. The molecule has 3 N–H and O–H groups in total. The molecule has 0 aliphatic heterocycles. The fraction of sp³-hybridized carbons (Fsp3) is 0.294. The molecule has 0 spiro atoms. The minimum atomic E-state index is -0.586. The van der Waals surface area contributed by atoms with Crippen molar-refractivity contribution in [2.24, 2.45) is 11.7 Å². The Morgan fingerprint density at radius 3 is 2.81 bits per heavy atom. The van der Waals surface area contributed by atoms with Gasteiger partial charge in [-0.15, -0.1) is 6.42 Å². The van der Waals surface area contributed by atoms with E-state index in [0.29, 0.717) is 17.6 Å². The van der Waals surface area contributed by atoms with Crippen LogP contribution in [0.25, 0.3) is 0 Å². The van der Waals surface area contributed by atoms with E-state index in [4.69, 9.17) is 12.2 Å². The van der Waals surface area contributed by atoms with Crippen molar-refractivity contribution in [3.05, 3.63) is 46.2 Å². The smallest absolute Gasteiger partial charge is 0.247 e. The summed E-state index contributed by atoms with van der Waals surface area (Å²) in [5.74, 6) is 1.44. The standard InChI is InChI=1S/C17H18N2O2/c1-4-5-19-15-14(17(18)21)11(3)8-12-6-10(2)7-13(9-12)16(15)20/h1,6-7,9,11,19H,5,8H2,2-3H3,(H2,18,21)/b15-14-. The molecule has 108 valence electrons. The zero-order valence-corrected chi connectivity index (χ0v) is 12.2. The summed E-state index contributed by atoms with van der Waals surface area (Å²) in [5.41, 5.74) is 8.63. The first-order valence-corrected chi connectivity index (χ1v) is 6.80. The summed E-state index contributed by atoms with van der Waals surface area (Å²) in [4.78, 5) is 24.5. The lowest BCUT2D eigenvalue weighted by Crippen LogP contribution is -2.32. The van der Waals surface area contributed by atoms with Gasteiger partial charge >= 0.3 is 0 Å². The predicted octanol–water partition coefficient (Wildman–Crippen LogP) is 1.33. The number of nitrogens with one attached hydrogen (secondary N) is 1. The van der Waals surface area contributed by atoms with Crippen LogP contribution in [0.2, 0.25) is 0 Å². The summed E-state index contributed by atoms with van der Waals surface area (Å²) < 4.78 is 0. The fourth-order valence-electron chi connectivity index (χ4n) is 2.76. The Morgan fingerprint density at radius 2 is 2.19 bits per heavy atom. The first-order chi connectivity index (χ1) is 9.93. The number of terminal acetylenes is 1. The van der Waals surface area contributed by atoms with Crippen LogP contribution in [0.5, 0.6) is 0 Å². The maximum Gasteiger partial charge on any atom is 0.247 e. The van der Waals surface area contributed by atoms with Crippen LogP contribution in [0.15, 0.2) is 29.5 Å². The van der Waals surface area contributed by atoms with E-state index in [1.807, 2.05) is 26.0 Å². The molecule has 0 fully saturated rings. The number of fused-ring (bicyclic) bond motifs is 2. The van der Waals surface area contributed by atoms with E-state index in [2.05, 4.69) is 11.2 Å². The number of carbonyl (C=O) groups is 2. The van der Waals surface area contributed by atoms with Crippen LogP contribution in [-0.2, 0) is 11.2 Å². The molecule has 21 heavy (non-hydrogen) atoms. The maximum atomic E-state index is 12.7. The molecule has 4 nitrogen and oxygen atoms in total. The number of Topliss-reactive ketones (excluding diaryl/α,β-unsaturated/α-hetero) is 1. The molecule has 1 unspecified atom stereocenters. The molecule has 1 amide bonds. The van der Waals surface area contributed by atoms with E-state index < -0.39 is 5.91 Å². The van der Waals surface area contributed by atoms with E-state index in [-0.39, 0.29) is 23.9 Å². The highest BCUT2D eigenvalue weighted by atomic mass is 16.1. The summed E-state index contributed by atoms with van der Waals surface area (Å²) >= 11 is 0. The zero-order chi connectivity index (χ0) is 15.6. The molecular formula is C17H18N2O2. The molecule has 1 aliphatic rings. The number of aryl methyl sites for hydroxylation is 1. The van der Waals surface area contributed by atoms with Crippen LogP contribution in [0.1, 0.15) is 28.4 Å². The largest absolute Gasteiger partial charge is 0.371 e. The molecule has 1 aromatic rings. The molecule has 0 saturated heterocycles. The molecular weight excluding hydrogens is 264 g/mol. The SMILES string of the molecule is C#CCN/C1=C(\C(N)=O)C(C)Cc2cc(C)cc(c2)C1=O. The third-order valence-electron chi connectivity index (χ3n) is 3.56. The number of nitrogens with two attached hydrogens (primary N) is 1. The minimum absolute atomic E-state index is 0.151. The molecule has 0 aromatic heterocycles.